The monoisotopic (exact) mass is 207 g/mol. The fraction of sp³-hybridized carbons (Fsp3) is 0.692. The summed E-state index contributed by atoms with van der Waals surface area (Å²) in [6, 6.07) is 2.59. The van der Waals surface area contributed by atoms with Gasteiger partial charge in [-0.1, -0.05) is 32.6 Å². The summed E-state index contributed by atoms with van der Waals surface area (Å²) < 4.78 is 5.56. The van der Waals surface area contributed by atoms with Crippen LogP contribution in [-0.2, 0) is 6.42 Å². The van der Waals surface area contributed by atoms with Gasteiger partial charge in [0.25, 0.3) is 0 Å². The molecule has 0 saturated heterocycles. The summed E-state index contributed by atoms with van der Waals surface area (Å²) in [5.41, 5.74) is 1.41. The fourth-order valence-corrected chi connectivity index (χ4v) is 2.34. The van der Waals surface area contributed by atoms with Crippen molar-refractivity contribution in [3.8, 4) is 0 Å². The molecular weight excluding hydrogens is 186 g/mol. The topological polar surface area (TPSA) is 25.2 Å². The largest absolute Gasteiger partial charge is 0.467 e. The number of furan rings is 1. The predicted molar refractivity (Wildman–Crippen MR) is 61.9 cm³/mol. The standard InChI is InChI=1S/C13H21NO/c1-2-3-4-5-6-12-13-11(7-9-14-12)8-10-15-13/h8,10,12,14H,2-7,9H2,1H3. The molecule has 0 aliphatic carbocycles. The molecule has 2 heterocycles. The van der Waals surface area contributed by atoms with Crippen LogP contribution >= 0.6 is 0 Å². The number of unbranched alkanes of at least 4 members (excludes halogenated alkanes) is 3. The van der Waals surface area contributed by atoms with E-state index in [0.717, 1.165) is 13.0 Å². The maximum absolute atomic E-state index is 5.56. The molecule has 2 heteroatoms. The van der Waals surface area contributed by atoms with Gasteiger partial charge in [-0.25, -0.2) is 0 Å². The molecule has 0 aromatic carbocycles. The summed E-state index contributed by atoms with van der Waals surface area (Å²) in [5.74, 6) is 1.19. The number of rotatable bonds is 5. The van der Waals surface area contributed by atoms with E-state index >= 15 is 0 Å². The van der Waals surface area contributed by atoms with Crippen molar-refractivity contribution in [1.82, 2.24) is 5.32 Å². The summed E-state index contributed by atoms with van der Waals surface area (Å²) >= 11 is 0. The van der Waals surface area contributed by atoms with Gasteiger partial charge in [0.2, 0.25) is 0 Å². The molecule has 2 nitrogen and oxygen atoms in total. The third kappa shape index (κ3) is 2.63. The van der Waals surface area contributed by atoms with Crippen LogP contribution in [-0.4, -0.2) is 6.54 Å². The van der Waals surface area contributed by atoms with Crippen molar-refractivity contribution >= 4 is 0 Å². The first-order valence-electron chi connectivity index (χ1n) is 6.21. The van der Waals surface area contributed by atoms with Gasteiger partial charge in [-0.05, 0) is 31.0 Å². The Hall–Kier alpha value is -0.760. The van der Waals surface area contributed by atoms with Crippen molar-refractivity contribution in [3.05, 3.63) is 23.7 Å². The Morgan fingerprint density at radius 3 is 3.20 bits per heavy atom. The van der Waals surface area contributed by atoms with Crippen LogP contribution in [0, 0.1) is 0 Å². The van der Waals surface area contributed by atoms with Crippen molar-refractivity contribution in [1.29, 1.82) is 0 Å². The molecule has 0 bridgehead atoms. The molecule has 1 aliphatic heterocycles. The molecule has 0 fully saturated rings. The van der Waals surface area contributed by atoms with E-state index in [4.69, 9.17) is 4.42 Å². The average molecular weight is 207 g/mol. The Kier molecular flexibility index (Phi) is 3.84. The third-order valence-electron chi connectivity index (χ3n) is 3.23. The van der Waals surface area contributed by atoms with Gasteiger partial charge in [0, 0.05) is 0 Å². The molecular formula is C13H21NO. The smallest absolute Gasteiger partial charge is 0.123 e. The van der Waals surface area contributed by atoms with Crippen LogP contribution < -0.4 is 5.32 Å². The molecule has 15 heavy (non-hydrogen) atoms. The Balaban J connectivity index is 1.84. The Labute approximate surface area is 92.1 Å². The lowest BCUT2D eigenvalue weighted by molar-refractivity contribution is 0.365. The zero-order valence-corrected chi connectivity index (χ0v) is 9.59. The summed E-state index contributed by atoms with van der Waals surface area (Å²) in [4.78, 5) is 0. The van der Waals surface area contributed by atoms with Crippen LogP contribution in [0.15, 0.2) is 16.7 Å². The Bertz CT molecular complexity index is 292. The normalized spacial score (nSPS) is 20.2. The molecule has 1 unspecified atom stereocenters. The van der Waals surface area contributed by atoms with E-state index in [1.54, 1.807) is 0 Å². The molecule has 2 rings (SSSR count). The lowest BCUT2D eigenvalue weighted by atomic mass is 9.98. The maximum atomic E-state index is 5.56. The molecule has 1 aromatic heterocycles. The van der Waals surface area contributed by atoms with Crippen LogP contribution in [0.5, 0.6) is 0 Å². The van der Waals surface area contributed by atoms with Crippen molar-refractivity contribution in [2.45, 2.75) is 51.5 Å². The number of hydrogen-bond donors (Lipinski definition) is 1. The first-order valence-corrected chi connectivity index (χ1v) is 6.21. The second-order valence-corrected chi connectivity index (χ2v) is 4.42. The summed E-state index contributed by atoms with van der Waals surface area (Å²) in [5, 5.41) is 3.54. The lowest BCUT2D eigenvalue weighted by Crippen LogP contribution is -2.28. The van der Waals surface area contributed by atoms with E-state index in [0.29, 0.717) is 6.04 Å². The Morgan fingerprint density at radius 2 is 2.33 bits per heavy atom. The van der Waals surface area contributed by atoms with Gasteiger partial charge in [-0.15, -0.1) is 0 Å². The average Bonchev–Trinajstić information content (AvgIpc) is 2.73. The number of hydrogen-bond acceptors (Lipinski definition) is 2. The van der Waals surface area contributed by atoms with Crippen LogP contribution in [0.2, 0.25) is 0 Å². The van der Waals surface area contributed by atoms with Gasteiger partial charge < -0.3 is 9.73 Å². The van der Waals surface area contributed by atoms with Crippen molar-refractivity contribution in [3.63, 3.8) is 0 Å². The zero-order chi connectivity index (χ0) is 10.5. The highest BCUT2D eigenvalue weighted by atomic mass is 16.3. The van der Waals surface area contributed by atoms with Crippen LogP contribution in [0.3, 0.4) is 0 Å². The van der Waals surface area contributed by atoms with Gasteiger partial charge in [0.15, 0.2) is 0 Å². The minimum absolute atomic E-state index is 0.473. The van der Waals surface area contributed by atoms with Crippen molar-refractivity contribution in [2.75, 3.05) is 6.54 Å². The molecule has 0 spiro atoms. The summed E-state index contributed by atoms with van der Waals surface area (Å²) in [6.07, 6.45) is 9.51. The number of nitrogens with one attached hydrogen (secondary N) is 1. The molecule has 0 radical (unpaired) electrons. The third-order valence-corrected chi connectivity index (χ3v) is 3.23. The highest BCUT2D eigenvalue weighted by Crippen LogP contribution is 2.27. The van der Waals surface area contributed by atoms with E-state index in [1.165, 1.54) is 43.4 Å². The first-order chi connectivity index (χ1) is 7.42. The van der Waals surface area contributed by atoms with Gasteiger partial charge in [0.05, 0.1) is 12.3 Å². The molecule has 1 aliphatic rings. The predicted octanol–water partition coefficient (Wildman–Crippen LogP) is 3.44. The lowest BCUT2D eigenvalue weighted by Gasteiger charge is -2.22. The van der Waals surface area contributed by atoms with E-state index in [-0.39, 0.29) is 0 Å². The van der Waals surface area contributed by atoms with E-state index < -0.39 is 0 Å². The van der Waals surface area contributed by atoms with E-state index in [1.807, 2.05) is 6.26 Å². The van der Waals surface area contributed by atoms with Crippen molar-refractivity contribution in [2.24, 2.45) is 0 Å². The second kappa shape index (κ2) is 5.36. The molecule has 1 atom stereocenters. The van der Waals surface area contributed by atoms with Crippen LogP contribution in [0.25, 0.3) is 0 Å². The van der Waals surface area contributed by atoms with Crippen LogP contribution in [0.4, 0.5) is 0 Å². The van der Waals surface area contributed by atoms with Gasteiger partial charge in [-0.3, -0.25) is 0 Å². The van der Waals surface area contributed by atoms with Gasteiger partial charge >= 0.3 is 0 Å². The summed E-state index contributed by atoms with van der Waals surface area (Å²) in [7, 11) is 0. The second-order valence-electron chi connectivity index (χ2n) is 4.42. The highest BCUT2D eigenvalue weighted by molar-refractivity contribution is 5.23. The quantitative estimate of drug-likeness (QED) is 0.748. The van der Waals surface area contributed by atoms with Crippen molar-refractivity contribution < 1.29 is 4.42 Å². The number of fused-ring (bicyclic) bond motifs is 1. The maximum Gasteiger partial charge on any atom is 0.123 e. The minimum Gasteiger partial charge on any atom is -0.467 e. The molecule has 0 amide bonds. The van der Waals surface area contributed by atoms with Gasteiger partial charge in [0.1, 0.15) is 5.76 Å². The van der Waals surface area contributed by atoms with Crippen LogP contribution in [0.1, 0.15) is 56.4 Å². The molecule has 84 valence electrons. The molecule has 1 aromatic rings. The Morgan fingerprint density at radius 1 is 1.40 bits per heavy atom. The highest BCUT2D eigenvalue weighted by Gasteiger charge is 2.21. The van der Waals surface area contributed by atoms with Gasteiger partial charge in [-0.2, -0.15) is 0 Å². The first kappa shape index (κ1) is 10.7. The van der Waals surface area contributed by atoms with E-state index in [9.17, 15) is 0 Å². The SMILES string of the molecule is CCCCCCC1NCCc2ccoc21. The summed E-state index contributed by atoms with van der Waals surface area (Å²) in [6.45, 7) is 3.36. The fourth-order valence-electron chi connectivity index (χ4n) is 2.34. The molecule has 1 N–H and O–H groups in total. The van der Waals surface area contributed by atoms with E-state index in [2.05, 4.69) is 18.3 Å². The molecule has 0 saturated carbocycles. The minimum atomic E-state index is 0.473. The zero-order valence-electron chi connectivity index (χ0n) is 9.59.